The molecule has 1 amide bonds. The van der Waals surface area contributed by atoms with Crippen molar-refractivity contribution in [3.05, 3.63) is 28.3 Å². The number of alkyl halides is 5. The Kier molecular flexibility index (Phi) is 5.01. The highest BCUT2D eigenvalue weighted by Crippen LogP contribution is 2.37. The summed E-state index contributed by atoms with van der Waals surface area (Å²) in [5.41, 5.74) is -1.58. The van der Waals surface area contributed by atoms with E-state index in [4.69, 9.17) is 23.2 Å². The molecule has 0 bridgehead atoms. The molecule has 0 aliphatic rings. The van der Waals surface area contributed by atoms with Crippen molar-refractivity contribution in [2.45, 2.75) is 11.2 Å². The van der Waals surface area contributed by atoms with Gasteiger partial charge < -0.3 is 10.1 Å². The largest absolute Gasteiger partial charge is 0.573 e. The van der Waals surface area contributed by atoms with E-state index in [0.29, 0.717) is 0 Å². The maximum absolute atomic E-state index is 12.1. The highest BCUT2D eigenvalue weighted by Gasteiger charge is 2.35. The summed E-state index contributed by atoms with van der Waals surface area (Å²) in [6.07, 6.45) is -5.12. The second kappa shape index (κ2) is 6.14. The molecule has 1 rings (SSSR count). The van der Waals surface area contributed by atoms with Gasteiger partial charge in [-0.15, -0.1) is 13.2 Å². The Morgan fingerprint density at radius 1 is 1.40 bits per heavy atom. The summed E-state index contributed by atoms with van der Waals surface area (Å²) in [6.45, 7) is 0. The Morgan fingerprint density at radius 3 is 2.45 bits per heavy atom. The van der Waals surface area contributed by atoms with Gasteiger partial charge in [-0.1, -0.05) is 29.3 Å². The number of nitro benzene ring substituents is 1. The van der Waals surface area contributed by atoms with Crippen LogP contribution >= 0.6 is 23.2 Å². The van der Waals surface area contributed by atoms with Crippen molar-refractivity contribution in [1.82, 2.24) is 0 Å². The molecule has 0 heterocycles. The second-order valence-corrected chi connectivity index (χ2v) is 4.34. The van der Waals surface area contributed by atoms with E-state index < -0.39 is 39.2 Å². The Hall–Kier alpha value is -1.74. The van der Waals surface area contributed by atoms with Gasteiger partial charge >= 0.3 is 12.0 Å². The molecule has 0 aromatic heterocycles. The molecule has 0 aliphatic heterocycles. The molecule has 0 spiro atoms. The molecule has 0 aliphatic carbocycles. The van der Waals surface area contributed by atoms with Crippen molar-refractivity contribution in [2.24, 2.45) is 0 Å². The van der Waals surface area contributed by atoms with Crippen molar-refractivity contribution < 1.29 is 27.6 Å². The second-order valence-electron chi connectivity index (χ2n) is 3.25. The van der Waals surface area contributed by atoms with Crippen LogP contribution in [0.25, 0.3) is 0 Å². The van der Waals surface area contributed by atoms with Crippen molar-refractivity contribution in [3.8, 4) is 5.75 Å². The van der Waals surface area contributed by atoms with Crippen molar-refractivity contribution in [3.63, 3.8) is 0 Å². The third-order valence-corrected chi connectivity index (χ3v) is 2.26. The van der Waals surface area contributed by atoms with Gasteiger partial charge in [-0.05, 0) is 12.1 Å². The van der Waals surface area contributed by atoms with Crippen LogP contribution in [-0.4, -0.2) is 22.0 Å². The SMILES string of the molecule is O=C(Nc1cccc(OC(F)(F)F)c1[N+](=O)[O-])C(Cl)Cl. The van der Waals surface area contributed by atoms with E-state index >= 15 is 0 Å². The molecule has 110 valence electrons. The lowest BCUT2D eigenvalue weighted by Gasteiger charge is -2.12. The maximum atomic E-state index is 12.1. The maximum Gasteiger partial charge on any atom is 0.573 e. The predicted molar refractivity (Wildman–Crippen MR) is 63.9 cm³/mol. The standard InChI is InChI=1S/C9H5Cl2F3N2O4/c10-7(11)8(17)15-4-2-1-3-5(6(4)16(18)19)20-9(12,13)14/h1-3,7H,(H,15,17). The molecule has 20 heavy (non-hydrogen) atoms. The van der Waals surface area contributed by atoms with Crippen LogP contribution < -0.4 is 10.1 Å². The quantitative estimate of drug-likeness (QED) is 0.521. The van der Waals surface area contributed by atoms with E-state index in [9.17, 15) is 28.1 Å². The Labute approximate surface area is 119 Å². The fourth-order valence-corrected chi connectivity index (χ4v) is 1.31. The average Bonchev–Trinajstić information content (AvgIpc) is 2.26. The number of carbonyl (C=O) groups excluding carboxylic acids is 1. The van der Waals surface area contributed by atoms with Crippen LogP contribution in [-0.2, 0) is 4.79 Å². The molecule has 0 saturated carbocycles. The number of anilines is 1. The predicted octanol–water partition coefficient (Wildman–Crippen LogP) is 3.24. The van der Waals surface area contributed by atoms with Crippen LogP contribution in [0.3, 0.4) is 0 Å². The summed E-state index contributed by atoms with van der Waals surface area (Å²) in [5.74, 6) is -2.10. The summed E-state index contributed by atoms with van der Waals surface area (Å²) in [6, 6.07) is 2.77. The number of benzene rings is 1. The zero-order valence-corrected chi connectivity index (χ0v) is 10.8. The van der Waals surface area contributed by atoms with Gasteiger partial charge in [0.2, 0.25) is 5.75 Å². The van der Waals surface area contributed by atoms with Crippen LogP contribution in [0.4, 0.5) is 24.5 Å². The lowest BCUT2D eigenvalue weighted by Crippen LogP contribution is -2.21. The molecule has 11 heteroatoms. The van der Waals surface area contributed by atoms with Gasteiger partial charge in [0.15, 0.2) is 4.84 Å². The molecule has 0 saturated heterocycles. The van der Waals surface area contributed by atoms with Gasteiger partial charge in [-0.25, -0.2) is 0 Å². The summed E-state index contributed by atoms with van der Waals surface area (Å²) in [4.78, 5) is 19.4. The highest BCUT2D eigenvalue weighted by molar-refractivity contribution is 6.54. The number of halogens is 5. The smallest absolute Gasteiger partial charge is 0.398 e. The van der Waals surface area contributed by atoms with Gasteiger partial charge in [-0.3, -0.25) is 14.9 Å². The van der Waals surface area contributed by atoms with E-state index in [1.807, 2.05) is 5.32 Å². The average molecular weight is 333 g/mol. The van der Waals surface area contributed by atoms with Crippen LogP contribution in [0.2, 0.25) is 0 Å². The van der Waals surface area contributed by atoms with Crippen LogP contribution in [0.1, 0.15) is 0 Å². The van der Waals surface area contributed by atoms with Crippen LogP contribution in [0.15, 0.2) is 18.2 Å². The van der Waals surface area contributed by atoms with Crippen LogP contribution in [0, 0.1) is 10.1 Å². The van der Waals surface area contributed by atoms with E-state index in [1.54, 1.807) is 0 Å². The number of nitro groups is 1. The zero-order chi connectivity index (χ0) is 15.5. The van der Waals surface area contributed by atoms with Gasteiger partial charge in [0, 0.05) is 0 Å². The number of carbonyl (C=O) groups is 1. The van der Waals surface area contributed by atoms with E-state index in [-0.39, 0.29) is 0 Å². The minimum atomic E-state index is -5.12. The lowest BCUT2D eigenvalue weighted by atomic mass is 10.2. The first kappa shape index (κ1) is 16.3. The van der Waals surface area contributed by atoms with Gasteiger partial charge in [-0.2, -0.15) is 0 Å². The van der Waals surface area contributed by atoms with Crippen molar-refractivity contribution >= 4 is 40.5 Å². The molecule has 1 aromatic carbocycles. The van der Waals surface area contributed by atoms with Gasteiger partial charge in [0.25, 0.3) is 5.91 Å². The first-order valence-electron chi connectivity index (χ1n) is 4.74. The normalized spacial score (nSPS) is 11.3. The fraction of sp³-hybridized carbons (Fsp3) is 0.222. The molecule has 0 unspecified atom stereocenters. The summed E-state index contributed by atoms with van der Waals surface area (Å²) in [5, 5.41) is 12.7. The van der Waals surface area contributed by atoms with E-state index in [0.717, 1.165) is 18.2 Å². The summed E-state index contributed by atoms with van der Waals surface area (Å²) >= 11 is 10.5. The highest BCUT2D eigenvalue weighted by atomic mass is 35.5. The number of ether oxygens (including phenoxy) is 1. The monoisotopic (exact) mass is 332 g/mol. The summed E-state index contributed by atoms with van der Waals surface area (Å²) in [7, 11) is 0. The van der Waals surface area contributed by atoms with E-state index in [2.05, 4.69) is 4.74 Å². The van der Waals surface area contributed by atoms with Crippen LogP contribution in [0.5, 0.6) is 5.75 Å². The Bertz CT molecular complexity index is 536. The minimum Gasteiger partial charge on any atom is -0.398 e. The van der Waals surface area contributed by atoms with E-state index in [1.165, 1.54) is 0 Å². The molecule has 0 fully saturated rings. The Balaban J connectivity index is 3.22. The molecule has 0 radical (unpaired) electrons. The number of nitrogens with zero attached hydrogens (tertiary/aromatic N) is 1. The van der Waals surface area contributed by atoms with Crippen molar-refractivity contribution in [2.75, 3.05) is 5.32 Å². The molecule has 1 N–H and O–H groups in total. The minimum absolute atomic E-state index is 0.520. The number of nitrogens with one attached hydrogen (secondary N) is 1. The summed E-state index contributed by atoms with van der Waals surface area (Å²) < 4.78 is 39.9. The fourth-order valence-electron chi connectivity index (χ4n) is 1.21. The van der Waals surface area contributed by atoms with Gasteiger partial charge in [0.05, 0.1) is 4.92 Å². The third-order valence-electron chi connectivity index (χ3n) is 1.86. The first-order chi connectivity index (χ1) is 9.11. The van der Waals surface area contributed by atoms with Crippen molar-refractivity contribution in [1.29, 1.82) is 0 Å². The Morgan fingerprint density at radius 2 is 2.00 bits per heavy atom. The third kappa shape index (κ3) is 4.42. The number of hydrogen-bond acceptors (Lipinski definition) is 4. The zero-order valence-electron chi connectivity index (χ0n) is 9.28. The molecule has 6 nitrogen and oxygen atoms in total. The molecule has 0 atom stereocenters. The topological polar surface area (TPSA) is 81.5 Å². The van der Waals surface area contributed by atoms with Gasteiger partial charge in [0.1, 0.15) is 5.69 Å². The molecular weight excluding hydrogens is 328 g/mol. The molecular formula is C9H5Cl2F3N2O4. The first-order valence-corrected chi connectivity index (χ1v) is 5.61. The number of para-hydroxylation sites is 1. The lowest BCUT2D eigenvalue weighted by molar-refractivity contribution is -0.387. The number of hydrogen-bond donors (Lipinski definition) is 1. The number of rotatable bonds is 4. The number of amides is 1. The molecule has 1 aromatic rings.